The third kappa shape index (κ3) is 3.91. The average molecular weight is 387 g/mol. The summed E-state index contributed by atoms with van der Waals surface area (Å²) in [6.45, 7) is 8.26. The number of ether oxygens (including phenoxy) is 1. The Labute approximate surface area is 168 Å². The van der Waals surface area contributed by atoms with Gasteiger partial charge >= 0.3 is 0 Å². The number of rotatable bonds is 5. The van der Waals surface area contributed by atoms with E-state index in [-0.39, 0.29) is 11.9 Å². The van der Waals surface area contributed by atoms with Gasteiger partial charge in [-0.05, 0) is 48.8 Å². The van der Waals surface area contributed by atoms with Crippen LogP contribution in [0.15, 0.2) is 24.3 Å². The van der Waals surface area contributed by atoms with E-state index in [0.29, 0.717) is 23.9 Å². The van der Waals surface area contributed by atoms with E-state index in [2.05, 4.69) is 46.6 Å². The highest BCUT2D eigenvalue weighted by Gasteiger charge is 2.43. The Morgan fingerprint density at radius 1 is 1.14 bits per heavy atom. The summed E-state index contributed by atoms with van der Waals surface area (Å²) in [5.74, 6) is 2.09. The zero-order valence-corrected chi connectivity index (χ0v) is 17.4. The van der Waals surface area contributed by atoms with Gasteiger partial charge in [-0.3, -0.25) is 15.1 Å². The summed E-state index contributed by atoms with van der Waals surface area (Å²) >= 11 is 0. The highest BCUT2D eigenvalue weighted by atomic mass is 16.5. The van der Waals surface area contributed by atoms with Crippen molar-refractivity contribution in [3.8, 4) is 5.75 Å². The maximum Gasteiger partial charge on any atom is 0.241 e. The van der Waals surface area contributed by atoms with Crippen molar-refractivity contribution in [1.29, 1.82) is 0 Å². The Bertz CT molecular complexity index is 680. The Morgan fingerprint density at radius 2 is 1.93 bits per heavy atom. The van der Waals surface area contributed by atoms with Crippen LogP contribution in [-0.4, -0.2) is 60.6 Å². The molecule has 6 heteroatoms. The van der Waals surface area contributed by atoms with E-state index >= 15 is 0 Å². The molecule has 154 valence electrons. The number of piperidine rings is 1. The number of methoxy groups -OCH3 is 1. The number of amides is 1. The van der Waals surface area contributed by atoms with Crippen molar-refractivity contribution in [2.24, 2.45) is 11.8 Å². The summed E-state index contributed by atoms with van der Waals surface area (Å²) in [6, 6.07) is 8.97. The summed E-state index contributed by atoms with van der Waals surface area (Å²) < 4.78 is 5.27. The minimum atomic E-state index is -0.0978. The highest BCUT2D eigenvalue weighted by Crippen LogP contribution is 2.31. The quantitative estimate of drug-likeness (QED) is 0.811. The summed E-state index contributed by atoms with van der Waals surface area (Å²) in [6.07, 6.45) is 3.40. The first-order valence-corrected chi connectivity index (χ1v) is 10.8. The lowest BCUT2D eigenvalue weighted by Gasteiger charge is -2.38. The monoisotopic (exact) mass is 386 g/mol. The van der Waals surface area contributed by atoms with Crippen LogP contribution in [0.1, 0.15) is 38.7 Å². The van der Waals surface area contributed by atoms with E-state index in [0.717, 1.165) is 44.8 Å². The first-order valence-electron chi connectivity index (χ1n) is 10.8. The molecule has 28 heavy (non-hydrogen) atoms. The number of carbonyl (C=O) groups is 1. The van der Waals surface area contributed by atoms with Crippen LogP contribution in [0.2, 0.25) is 0 Å². The van der Waals surface area contributed by atoms with Crippen molar-refractivity contribution < 1.29 is 9.53 Å². The second-order valence-corrected chi connectivity index (χ2v) is 8.77. The average Bonchev–Trinajstić information content (AvgIpc) is 2.87. The topological polar surface area (TPSA) is 56.8 Å². The molecule has 1 aromatic carbocycles. The molecule has 2 bridgehead atoms. The molecule has 4 aliphatic heterocycles. The van der Waals surface area contributed by atoms with Crippen LogP contribution in [0, 0.1) is 11.8 Å². The number of fused-ring (bicyclic) bond motifs is 4. The highest BCUT2D eigenvalue weighted by molar-refractivity contribution is 5.83. The number of hydrazine groups is 1. The summed E-state index contributed by atoms with van der Waals surface area (Å²) in [5.41, 5.74) is 7.90. The largest absolute Gasteiger partial charge is 0.497 e. The second kappa shape index (κ2) is 8.39. The molecule has 0 radical (unpaired) electrons. The Kier molecular flexibility index (Phi) is 5.90. The van der Waals surface area contributed by atoms with Crippen LogP contribution in [0.25, 0.3) is 0 Å². The number of carbonyl (C=O) groups excluding carboxylic acids is 1. The summed E-state index contributed by atoms with van der Waals surface area (Å²) in [4.78, 5) is 18.1. The van der Waals surface area contributed by atoms with Gasteiger partial charge in [-0.2, -0.15) is 0 Å². The van der Waals surface area contributed by atoms with E-state index < -0.39 is 0 Å². The van der Waals surface area contributed by atoms with Crippen LogP contribution in [0.5, 0.6) is 5.75 Å². The maximum atomic E-state index is 13.3. The molecule has 0 aromatic heterocycles. The molecule has 4 aliphatic rings. The van der Waals surface area contributed by atoms with Gasteiger partial charge in [-0.1, -0.05) is 26.0 Å². The predicted octanol–water partition coefficient (Wildman–Crippen LogP) is 2.01. The van der Waals surface area contributed by atoms with Crippen LogP contribution in [0.4, 0.5) is 0 Å². The normalized spacial score (nSPS) is 33.1. The zero-order chi connectivity index (χ0) is 19.7. The fourth-order valence-corrected chi connectivity index (χ4v) is 5.20. The molecule has 3 unspecified atom stereocenters. The van der Waals surface area contributed by atoms with E-state index in [1.54, 1.807) is 7.11 Å². The van der Waals surface area contributed by atoms with Gasteiger partial charge in [0.1, 0.15) is 11.8 Å². The first-order chi connectivity index (χ1) is 13.6. The number of hydrogen-bond acceptors (Lipinski definition) is 5. The second-order valence-electron chi connectivity index (χ2n) is 8.77. The van der Waals surface area contributed by atoms with Crippen molar-refractivity contribution in [3.05, 3.63) is 29.8 Å². The fraction of sp³-hybridized carbons (Fsp3) is 0.682. The standard InChI is InChI=1S/C22H34N4O2/c1-4-20-15(2)21(24-23-20)22(27)26-13-17-5-8-18(26)14-25(12-17)11-16-6-9-19(28-3)10-7-16/h6-7,9-10,15,17-18,20-21,23-24H,4-5,8,11-14H2,1-3H3/t15?,17-,18+,20?,21?/m0/s1. The van der Waals surface area contributed by atoms with Gasteiger partial charge in [0.15, 0.2) is 0 Å². The molecule has 4 heterocycles. The van der Waals surface area contributed by atoms with Crippen LogP contribution >= 0.6 is 0 Å². The molecule has 0 saturated carbocycles. The van der Waals surface area contributed by atoms with Crippen molar-refractivity contribution in [1.82, 2.24) is 20.7 Å². The van der Waals surface area contributed by atoms with Crippen LogP contribution in [0.3, 0.4) is 0 Å². The Hall–Kier alpha value is -1.63. The van der Waals surface area contributed by atoms with Crippen molar-refractivity contribution in [3.63, 3.8) is 0 Å². The molecule has 4 fully saturated rings. The van der Waals surface area contributed by atoms with Gasteiger partial charge in [-0.25, -0.2) is 5.43 Å². The molecule has 5 rings (SSSR count). The first kappa shape index (κ1) is 19.7. The molecular formula is C22H34N4O2. The van der Waals surface area contributed by atoms with E-state index in [4.69, 9.17) is 4.74 Å². The van der Waals surface area contributed by atoms with Gasteiger partial charge < -0.3 is 9.64 Å². The molecular weight excluding hydrogens is 352 g/mol. The molecule has 1 aromatic rings. The van der Waals surface area contributed by atoms with Crippen molar-refractivity contribution in [2.45, 2.75) is 57.8 Å². The molecule has 5 atom stereocenters. The minimum absolute atomic E-state index is 0.0978. The molecule has 0 spiro atoms. The SMILES string of the molecule is CCC1NNC(C(=O)N2C[C@H]3CC[C@@H]2CN(Cc2ccc(OC)cc2)C3)C1C. The molecule has 4 saturated heterocycles. The smallest absolute Gasteiger partial charge is 0.241 e. The molecule has 1 amide bonds. The van der Waals surface area contributed by atoms with E-state index in [1.807, 2.05) is 12.1 Å². The Morgan fingerprint density at radius 3 is 2.61 bits per heavy atom. The minimum Gasteiger partial charge on any atom is -0.497 e. The number of hydrogen-bond donors (Lipinski definition) is 2. The van der Waals surface area contributed by atoms with Gasteiger partial charge in [0, 0.05) is 38.3 Å². The van der Waals surface area contributed by atoms with Gasteiger partial charge in [0.05, 0.1) is 7.11 Å². The lowest BCUT2D eigenvalue weighted by atomic mass is 9.90. The lowest BCUT2D eigenvalue weighted by molar-refractivity contribution is -0.138. The van der Waals surface area contributed by atoms with Crippen LogP contribution in [-0.2, 0) is 11.3 Å². The number of nitrogens with zero attached hydrogens (tertiary/aromatic N) is 2. The third-order valence-corrected chi connectivity index (χ3v) is 6.93. The van der Waals surface area contributed by atoms with Crippen LogP contribution < -0.4 is 15.6 Å². The predicted molar refractivity (Wildman–Crippen MR) is 110 cm³/mol. The molecule has 6 nitrogen and oxygen atoms in total. The lowest BCUT2D eigenvalue weighted by Crippen LogP contribution is -2.54. The van der Waals surface area contributed by atoms with Crippen molar-refractivity contribution >= 4 is 5.91 Å². The van der Waals surface area contributed by atoms with Gasteiger partial charge in [0.2, 0.25) is 5.91 Å². The number of nitrogens with one attached hydrogen (secondary N) is 2. The maximum absolute atomic E-state index is 13.3. The molecule has 0 aliphatic carbocycles. The Balaban J connectivity index is 1.42. The van der Waals surface area contributed by atoms with Gasteiger partial charge in [-0.15, -0.1) is 0 Å². The zero-order valence-electron chi connectivity index (χ0n) is 17.4. The van der Waals surface area contributed by atoms with E-state index in [9.17, 15) is 4.79 Å². The fourth-order valence-electron chi connectivity index (χ4n) is 5.20. The molecule has 2 N–H and O–H groups in total. The van der Waals surface area contributed by atoms with Gasteiger partial charge in [0.25, 0.3) is 0 Å². The summed E-state index contributed by atoms with van der Waals surface area (Å²) in [7, 11) is 1.70. The number of benzene rings is 1. The third-order valence-electron chi connectivity index (χ3n) is 6.93. The van der Waals surface area contributed by atoms with Crippen molar-refractivity contribution in [2.75, 3.05) is 26.7 Å². The summed E-state index contributed by atoms with van der Waals surface area (Å²) in [5, 5.41) is 0. The van der Waals surface area contributed by atoms with E-state index in [1.165, 1.54) is 12.0 Å².